The number of carbonyl (C=O) groups excluding carboxylic acids is 1. The van der Waals surface area contributed by atoms with E-state index in [1.54, 1.807) is 19.1 Å². The molecular formula is C15H16O3. The Balaban J connectivity index is 2.10. The smallest absolute Gasteiger partial charge is 0.133 e. The van der Waals surface area contributed by atoms with Crippen molar-refractivity contribution in [2.24, 2.45) is 5.92 Å². The van der Waals surface area contributed by atoms with E-state index in [1.807, 2.05) is 6.07 Å². The molecule has 0 aromatic heterocycles. The SMILES string of the molecule is CC(=O)C1CCC=C2COc3cc(O)ccc3C21. The van der Waals surface area contributed by atoms with Gasteiger partial charge in [0.05, 0.1) is 0 Å². The van der Waals surface area contributed by atoms with Crippen LogP contribution in [0.15, 0.2) is 29.8 Å². The second kappa shape index (κ2) is 4.16. The molecule has 94 valence electrons. The quantitative estimate of drug-likeness (QED) is 0.773. The Bertz CT molecular complexity index is 531. The van der Waals surface area contributed by atoms with Gasteiger partial charge in [-0.1, -0.05) is 12.1 Å². The first kappa shape index (κ1) is 11.3. The fourth-order valence-corrected chi connectivity index (χ4v) is 3.07. The molecule has 3 rings (SSSR count). The molecule has 1 aromatic rings. The number of phenolic OH excluding ortho intramolecular Hbond substituents is 1. The van der Waals surface area contributed by atoms with Gasteiger partial charge in [0.1, 0.15) is 23.9 Å². The van der Waals surface area contributed by atoms with Crippen molar-refractivity contribution >= 4 is 5.78 Å². The zero-order valence-electron chi connectivity index (χ0n) is 10.3. The normalized spacial score (nSPS) is 25.5. The molecule has 0 saturated carbocycles. The van der Waals surface area contributed by atoms with Gasteiger partial charge in [0.15, 0.2) is 0 Å². The van der Waals surface area contributed by atoms with E-state index in [0.717, 1.165) is 18.4 Å². The Labute approximate surface area is 106 Å². The van der Waals surface area contributed by atoms with Crippen molar-refractivity contribution in [1.82, 2.24) is 0 Å². The van der Waals surface area contributed by atoms with Crippen LogP contribution in [0.4, 0.5) is 0 Å². The highest BCUT2D eigenvalue weighted by atomic mass is 16.5. The molecule has 0 bridgehead atoms. The summed E-state index contributed by atoms with van der Waals surface area (Å²) < 4.78 is 5.66. The zero-order valence-corrected chi connectivity index (χ0v) is 10.3. The Morgan fingerprint density at radius 1 is 1.44 bits per heavy atom. The molecule has 1 aliphatic heterocycles. The van der Waals surface area contributed by atoms with Crippen molar-refractivity contribution < 1.29 is 14.6 Å². The van der Waals surface area contributed by atoms with Crippen LogP contribution in [0.3, 0.4) is 0 Å². The highest BCUT2D eigenvalue weighted by Gasteiger charge is 2.36. The molecule has 1 aliphatic carbocycles. The summed E-state index contributed by atoms with van der Waals surface area (Å²) in [7, 11) is 0. The highest BCUT2D eigenvalue weighted by molar-refractivity contribution is 5.80. The molecule has 1 N–H and O–H groups in total. The molecule has 0 spiro atoms. The number of aromatic hydroxyl groups is 1. The number of benzene rings is 1. The largest absolute Gasteiger partial charge is 0.508 e. The fraction of sp³-hybridized carbons (Fsp3) is 0.400. The van der Waals surface area contributed by atoms with E-state index in [1.165, 1.54) is 5.57 Å². The average molecular weight is 244 g/mol. The number of Topliss-reactive ketones (excluding diaryl/α,β-unsaturated/α-hetero) is 1. The van der Waals surface area contributed by atoms with Crippen LogP contribution in [0.2, 0.25) is 0 Å². The first-order valence-corrected chi connectivity index (χ1v) is 6.32. The van der Waals surface area contributed by atoms with Gasteiger partial charge in [0, 0.05) is 23.5 Å². The van der Waals surface area contributed by atoms with E-state index < -0.39 is 0 Å². The van der Waals surface area contributed by atoms with Crippen molar-refractivity contribution in [3.8, 4) is 11.5 Å². The molecule has 0 radical (unpaired) electrons. The summed E-state index contributed by atoms with van der Waals surface area (Å²) in [6, 6.07) is 5.18. The number of fused-ring (bicyclic) bond motifs is 3. The van der Waals surface area contributed by atoms with E-state index in [9.17, 15) is 9.90 Å². The lowest BCUT2D eigenvalue weighted by atomic mass is 9.72. The number of allylic oxidation sites excluding steroid dienone is 1. The van der Waals surface area contributed by atoms with Gasteiger partial charge < -0.3 is 9.84 Å². The third-order valence-electron chi connectivity index (χ3n) is 3.93. The van der Waals surface area contributed by atoms with E-state index in [0.29, 0.717) is 12.4 Å². The predicted octanol–water partition coefficient (Wildman–Crippen LogP) is 2.79. The molecule has 1 heterocycles. The third-order valence-corrected chi connectivity index (χ3v) is 3.93. The number of ketones is 1. The summed E-state index contributed by atoms with van der Waals surface area (Å²) in [5.41, 5.74) is 2.24. The topological polar surface area (TPSA) is 46.5 Å². The molecular weight excluding hydrogens is 228 g/mol. The van der Waals surface area contributed by atoms with Crippen LogP contribution < -0.4 is 4.74 Å². The number of rotatable bonds is 1. The lowest BCUT2D eigenvalue weighted by Gasteiger charge is -2.36. The molecule has 3 heteroatoms. The standard InChI is InChI=1S/C15H16O3/c1-9(16)12-4-2-3-10-8-18-14-7-11(17)5-6-13(14)15(10)12/h3,5-7,12,15,17H,2,4,8H2,1H3. The molecule has 2 unspecified atom stereocenters. The fourth-order valence-electron chi connectivity index (χ4n) is 3.07. The minimum absolute atomic E-state index is 0.0530. The molecule has 2 atom stereocenters. The summed E-state index contributed by atoms with van der Waals surface area (Å²) in [4.78, 5) is 11.8. The maximum atomic E-state index is 11.8. The van der Waals surface area contributed by atoms with E-state index in [-0.39, 0.29) is 23.4 Å². The van der Waals surface area contributed by atoms with E-state index >= 15 is 0 Å². The average Bonchev–Trinajstić information content (AvgIpc) is 2.37. The second-order valence-electron chi connectivity index (χ2n) is 5.06. The van der Waals surface area contributed by atoms with Crippen LogP contribution in [-0.2, 0) is 4.79 Å². The van der Waals surface area contributed by atoms with Gasteiger partial charge in [-0.25, -0.2) is 0 Å². The number of phenols is 1. The summed E-state index contributed by atoms with van der Waals surface area (Å²) in [6.07, 6.45) is 4.05. The van der Waals surface area contributed by atoms with Crippen molar-refractivity contribution in [2.45, 2.75) is 25.7 Å². The van der Waals surface area contributed by atoms with Crippen molar-refractivity contribution in [1.29, 1.82) is 0 Å². The summed E-state index contributed by atoms with van der Waals surface area (Å²) >= 11 is 0. The third kappa shape index (κ3) is 1.70. The van der Waals surface area contributed by atoms with E-state index in [4.69, 9.17) is 4.74 Å². The zero-order chi connectivity index (χ0) is 12.7. The Morgan fingerprint density at radius 2 is 2.28 bits per heavy atom. The van der Waals surface area contributed by atoms with Gasteiger partial charge in [-0.2, -0.15) is 0 Å². The minimum Gasteiger partial charge on any atom is -0.508 e. The number of carbonyl (C=O) groups is 1. The monoisotopic (exact) mass is 244 g/mol. The van der Waals surface area contributed by atoms with Crippen LogP contribution in [0, 0.1) is 5.92 Å². The van der Waals surface area contributed by atoms with Crippen molar-refractivity contribution in [2.75, 3.05) is 6.61 Å². The molecule has 18 heavy (non-hydrogen) atoms. The number of ether oxygens (including phenoxy) is 1. The van der Waals surface area contributed by atoms with Crippen LogP contribution in [0.5, 0.6) is 11.5 Å². The minimum atomic E-state index is 0.0530. The molecule has 1 aromatic carbocycles. The molecule has 3 nitrogen and oxygen atoms in total. The van der Waals surface area contributed by atoms with Gasteiger partial charge in [-0.05, 0) is 31.4 Å². The molecule has 0 saturated heterocycles. The van der Waals surface area contributed by atoms with Crippen molar-refractivity contribution in [3.05, 3.63) is 35.4 Å². The van der Waals surface area contributed by atoms with Gasteiger partial charge >= 0.3 is 0 Å². The molecule has 0 amide bonds. The summed E-state index contributed by atoms with van der Waals surface area (Å²) in [6.45, 7) is 2.20. The van der Waals surface area contributed by atoms with Crippen LogP contribution in [-0.4, -0.2) is 17.5 Å². The molecule has 0 fully saturated rings. The second-order valence-corrected chi connectivity index (χ2v) is 5.06. The lowest BCUT2D eigenvalue weighted by molar-refractivity contribution is -0.121. The molecule has 2 aliphatic rings. The van der Waals surface area contributed by atoms with Crippen molar-refractivity contribution in [3.63, 3.8) is 0 Å². The van der Waals surface area contributed by atoms with Gasteiger partial charge in [-0.3, -0.25) is 4.79 Å². The summed E-state index contributed by atoms with van der Waals surface area (Å²) in [5, 5.41) is 9.50. The maximum absolute atomic E-state index is 11.8. The van der Waals surface area contributed by atoms with Gasteiger partial charge in [0.2, 0.25) is 0 Å². The number of hydrogen-bond donors (Lipinski definition) is 1. The van der Waals surface area contributed by atoms with Crippen LogP contribution in [0.1, 0.15) is 31.2 Å². The van der Waals surface area contributed by atoms with Gasteiger partial charge in [-0.15, -0.1) is 0 Å². The number of hydrogen-bond acceptors (Lipinski definition) is 3. The Morgan fingerprint density at radius 3 is 3.06 bits per heavy atom. The predicted molar refractivity (Wildman–Crippen MR) is 67.8 cm³/mol. The first-order valence-electron chi connectivity index (χ1n) is 6.32. The van der Waals surface area contributed by atoms with E-state index in [2.05, 4.69) is 6.08 Å². The Kier molecular flexibility index (Phi) is 2.62. The first-order chi connectivity index (χ1) is 8.66. The van der Waals surface area contributed by atoms with Gasteiger partial charge in [0.25, 0.3) is 0 Å². The Hall–Kier alpha value is -1.77. The van der Waals surface area contributed by atoms with Crippen LogP contribution >= 0.6 is 0 Å². The lowest BCUT2D eigenvalue weighted by Crippen LogP contribution is -2.30. The maximum Gasteiger partial charge on any atom is 0.133 e. The summed E-state index contributed by atoms with van der Waals surface area (Å²) in [5.74, 6) is 1.35. The van der Waals surface area contributed by atoms with Crippen LogP contribution in [0.25, 0.3) is 0 Å². The highest BCUT2D eigenvalue weighted by Crippen LogP contribution is 2.46.